The first-order valence-electron chi connectivity index (χ1n) is 14.0. The van der Waals surface area contributed by atoms with Crippen LogP contribution in [0.1, 0.15) is 16.7 Å². The normalized spacial score (nSPS) is 14.3. The van der Waals surface area contributed by atoms with Crippen molar-refractivity contribution < 1.29 is 14.3 Å². The van der Waals surface area contributed by atoms with Gasteiger partial charge in [-0.3, -0.25) is 4.90 Å². The molecule has 1 N–H and O–H groups in total. The van der Waals surface area contributed by atoms with Gasteiger partial charge in [0, 0.05) is 44.5 Å². The van der Waals surface area contributed by atoms with Crippen LogP contribution in [0.2, 0.25) is 0 Å². The fraction of sp³-hybridized carbons (Fsp3) is 0.265. The van der Waals surface area contributed by atoms with Crippen LogP contribution >= 0.6 is 0 Å². The smallest absolute Gasteiger partial charge is 0.407 e. The number of hydrogen-bond acceptors (Lipinski definition) is 5. The van der Waals surface area contributed by atoms with Crippen molar-refractivity contribution >= 4 is 11.8 Å². The molecule has 0 spiro atoms. The molecule has 0 aliphatic carbocycles. The van der Waals surface area contributed by atoms with Crippen LogP contribution in [-0.4, -0.2) is 49.8 Å². The molecule has 4 aromatic carbocycles. The number of rotatable bonds is 11. The number of ether oxygens (including phenoxy) is 2. The van der Waals surface area contributed by atoms with Crippen molar-refractivity contribution in [2.45, 2.75) is 25.7 Å². The molecule has 0 radical (unpaired) electrons. The second kappa shape index (κ2) is 14.2. The third-order valence-electron chi connectivity index (χ3n) is 7.16. The van der Waals surface area contributed by atoms with Gasteiger partial charge < -0.3 is 19.7 Å². The lowest BCUT2D eigenvalue weighted by atomic mass is 10.0. The quantitative estimate of drug-likeness (QED) is 0.258. The van der Waals surface area contributed by atoms with Crippen molar-refractivity contribution in [3.8, 4) is 5.75 Å². The fourth-order valence-electron chi connectivity index (χ4n) is 4.98. The average Bonchev–Trinajstić information content (AvgIpc) is 3.01. The maximum Gasteiger partial charge on any atom is 0.407 e. The molecular weight excluding hydrogens is 498 g/mol. The number of hydrogen-bond donors (Lipinski definition) is 1. The van der Waals surface area contributed by atoms with E-state index < -0.39 is 0 Å². The molecule has 1 unspecified atom stereocenters. The Bertz CT molecular complexity index is 1290. The molecule has 4 aromatic rings. The van der Waals surface area contributed by atoms with Crippen LogP contribution in [0.15, 0.2) is 115 Å². The molecule has 1 aliphatic rings. The molecule has 1 atom stereocenters. The minimum atomic E-state index is -0.389. The monoisotopic (exact) mass is 535 g/mol. The summed E-state index contributed by atoms with van der Waals surface area (Å²) in [4.78, 5) is 17.6. The highest BCUT2D eigenvalue weighted by molar-refractivity contribution is 5.67. The number of carbonyl (C=O) groups excluding carboxylic acids is 1. The van der Waals surface area contributed by atoms with E-state index in [0.717, 1.165) is 55.2 Å². The van der Waals surface area contributed by atoms with Gasteiger partial charge in [0.05, 0.1) is 0 Å². The molecule has 1 heterocycles. The highest BCUT2D eigenvalue weighted by Crippen LogP contribution is 2.18. The van der Waals surface area contributed by atoms with E-state index in [1.54, 1.807) is 0 Å². The highest BCUT2D eigenvalue weighted by atomic mass is 16.5. The lowest BCUT2D eigenvalue weighted by Gasteiger charge is -2.37. The van der Waals surface area contributed by atoms with Gasteiger partial charge in [-0.05, 0) is 47.4 Å². The number of carbonyl (C=O) groups is 1. The van der Waals surface area contributed by atoms with Crippen molar-refractivity contribution in [3.05, 3.63) is 132 Å². The summed E-state index contributed by atoms with van der Waals surface area (Å²) in [6, 6.07) is 38.5. The van der Waals surface area contributed by atoms with Crippen LogP contribution in [0.5, 0.6) is 5.75 Å². The van der Waals surface area contributed by atoms with Gasteiger partial charge in [0.25, 0.3) is 0 Å². The van der Waals surface area contributed by atoms with Gasteiger partial charge in [0.1, 0.15) is 19.0 Å². The SMILES string of the molecule is O=C(NC(Cc1ccc(OCc2ccccc2)cc1)CN1CCN(c2ccccc2)CC1)OCc1ccccc1. The molecule has 0 saturated carbocycles. The number of alkyl carbamates (subject to hydrolysis) is 1. The molecule has 6 nitrogen and oxygen atoms in total. The zero-order valence-corrected chi connectivity index (χ0v) is 22.8. The summed E-state index contributed by atoms with van der Waals surface area (Å²) < 4.78 is 11.5. The number of piperazine rings is 1. The van der Waals surface area contributed by atoms with Gasteiger partial charge in [0.2, 0.25) is 0 Å². The number of para-hydroxylation sites is 1. The highest BCUT2D eigenvalue weighted by Gasteiger charge is 2.22. The second-order valence-electron chi connectivity index (χ2n) is 10.1. The van der Waals surface area contributed by atoms with Crippen molar-refractivity contribution in [1.29, 1.82) is 0 Å². The molecule has 5 rings (SSSR count). The number of nitrogens with zero attached hydrogens (tertiary/aromatic N) is 2. The van der Waals surface area contributed by atoms with Crippen LogP contribution < -0.4 is 15.0 Å². The van der Waals surface area contributed by atoms with E-state index >= 15 is 0 Å². The Morgan fingerprint density at radius 1 is 0.675 bits per heavy atom. The minimum Gasteiger partial charge on any atom is -0.489 e. The van der Waals surface area contributed by atoms with Gasteiger partial charge in [-0.15, -0.1) is 0 Å². The van der Waals surface area contributed by atoms with Gasteiger partial charge in [-0.1, -0.05) is 91.0 Å². The third-order valence-corrected chi connectivity index (χ3v) is 7.16. The number of benzene rings is 4. The van der Waals surface area contributed by atoms with Crippen LogP contribution in [0.4, 0.5) is 10.5 Å². The Kier molecular flexibility index (Phi) is 9.68. The van der Waals surface area contributed by atoms with Crippen LogP contribution in [-0.2, 0) is 24.4 Å². The first-order chi connectivity index (χ1) is 19.7. The van der Waals surface area contributed by atoms with Crippen LogP contribution in [0.3, 0.4) is 0 Å². The molecule has 1 amide bonds. The van der Waals surface area contributed by atoms with E-state index in [1.165, 1.54) is 5.69 Å². The number of amides is 1. The summed E-state index contributed by atoms with van der Waals surface area (Å²) in [7, 11) is 0. The predicted octanol–water partition coefficient (Wildman–Crippen LogP) is 5.93. The molecule has 40 heavy (non-hydrogen) atoms. The molecule has 0 aromatic heterocycles. The summed E-state index contributed by atoms with van der Waals surface area (Å²) in [5, 5.41) is 3.14. The maximum absolute atomic E-state index is 12.8. The maximum atomic E-state index is 12.8. The lowest BCUT2D eigenvalue weighted by molar-refractivity contribution is 0.130. The third kappa shape index (κ3) is 8.35. The number of nitrogens with one attached hydrogen (secondary N) is 1. The van der Waals surface area contributed by atoms with Crippen molar-refractivity contribution in [1.82, 2.24) is 10.2 Å². The molecule has 1 saturated heterocycles. The Hall–Kier alpha value is -4.29. The largest absolute Gasteiger partial charge is 0.489 e. The van der Waals surface area contributed by atoms with E-state index in [-0.39, 0.29) is 18.7 Å². The van der Waals surface area contributed by atoms with Gasteiger partial charge in [-0.2, -0.15) is 0 Å². The Balaban J connectivity index is 1.18. The first kappa shape index (κ1) is 27.3. The van der Waals surface area contributed by atoms with Gasteiger partial charge in [0.15, 0.2) is 0 Å². The summed E-state index contributed by atoms with van der Waals surface area (Å²) in [5.74, 6) is 0.830. The molecular formula is C34H37N3O3. The van der Waals surface area contributed by atoms with Crippen molar-refractivity contribution in [2.75, 3.05) is 37.6 Å². The zero-order valence-electron chi connectivity index (χ0n) is 22.8. The van der Waals surface area contributed by atoms with Gasteiger partial charge >= 0.3 is 6.09 Å². The van der Waals surface area contributed by atoms with E-state index in [4.69, 9.17) is 9.47 Å². The van der Waals surface area contributed by atoms with Crippen molar-refractivity contribution in [3.63, 3.8) is 0 Å². The molecule has 6 heteroatoms. The number of anilines is 1. The minimum absolute atomic E-state index is 0.0809. The topological polar surface area (TPSA) is 54.0 Å². The summed E-state index contributed by atoms with van der Waals surface area (Å²) >= 11 is 0. The predicted molar refractivity (Wildman–Crippen MR) is 160 cm³/mol. The van der Waals surface area contributed by atoms with Crippen molar-refractivity contribution in [2.24, 2.45) is 0 Å². The zero-order chi connectivity index (χ0) is 27.4. The molecule has 206 valence electrons. The molecule has 1 aliphatic heterocycles. The molecule has 1 fully saturated rings. The van der Waals surface area contributed by atoms with E-state index in [1.807, 2.05) is 60.7 Å². The first-order valence-corrected chi connectivity index (χ1v) is 14.0. The van der Waals surface area contributed by atoms with E-state index in [2.05, 4.69) is 69.7 Å². The summed E-state index contributed by atoms with van der Waals surface area (Å²) in [6.45, 7) is 5.35. The van der Waals surface area contributed by atoms with Crippen LogP contribution in [0.25, 0.3) is 0 Å². The Morgan fingerprint density at radius 2 is 1.25 bits per heavy atom. The lowest BCUT2D eigenvalue weighted by Crippen LogP contribution is -2.52. The summed E-state index contributed by atoms with van der Waals surface area (Å²) in [5.41, 5.74) is 4.51. The van der Waals surface area contributed by atoms with E-state index in [9.17, 15) is 4.79 Å². The Labute approximate surface area is 237 Å². The fourth-order valence-corrected chi connectivity index (χ4v) is 4.98. The molecule has 0 bridgehead atoms. The van der Waals surface area contributed by atoms with Crippen LogP contribution in [0, 0.1) is 0 Å². The van der Waals surface area contributed by atoms with Gasteiger partial charge in [-0.25, -0.2) is 4.79 Å². The summed E-state index contributed by atoms with van der Waals surface area (Å²) in [6.07, 6.45) is 0.317. The van der Waals surface area contributed by atoms with E-state index in [0.29, 0.717) is 13.0 Å². The standard InChI is InChI=1S/C34H37N3O3/c38-34(40-27-30-12-6-2-7-13-30)35-31(25-36-20-22-37(23-21-36)32-14-8-3-9-15-32)24-28-16-18-33(19-17-28)39-26-29-10-4-1-5-11-29/h1-19,31H,20-27H2,(H,35,38). The Morgan fingerprint density at radius 3 is 1.88 bits per heavy atom. The average molecular weight is 536 g/mol. The second-order valence-corrected chi connectivity index (χ2v) is 10.1.